The second-order valence-corrected chi connectivity index (χ2v) is 8.71. The zero-order chi connectivity index (χ0) is 23.2. The van der Waals surface area contributed by atoms with Gasteiger partial charge in [-0.1, -0.05) is 6.42 Å². The number of imidazole rings is 2. The molecule has 0 aromatic carbocycles. The fourth-order valence-electron chi connectivity index (χ4n) is 3.27. The van der Waals surface area contributed by atoms with E-state index in [1.807, 2.05) is 4.57 Å². The monoisotopic (exact) mass is 435 g/mol. The molecule has 0 bridgehead atoms. The van der Waals surface area contributed by atoms with E-state index in [1.165, 1.54) is 42.6 Å². The highest BCUT2D eigenvalue weighted by Gasteiger charge is 2.27. The molecule has 1 saturated heterocycles. The number of aldehydes is 1. The molecule has 2 aromatic heterocycles. The summed E-state index contributed by atoms with van der Waals surface area (Å²) in [6.07, 6.45) is 10.1. The van der Waals surface area contributed by atoms with E-state index in [0.717, 1.165) is 19.6 Å². The molecule has 170 valence electrons. The minimum Gasteiger partial charge on any atom is -0.358 e. The molecule has 1 aliphatic rings. The lowest BCUT2D eigenvalue weighted by Crippen LogP contribution is -2.42. The largest absolute Gasteiger partial charge is 0.381 e. The third-order valence-corrected chi connectivity index (χ3v) is 5.22. The molecule has 0 atom stereocenters. The number of hydrogen-bond acceptors (Lipinski definition) is 8. The fourth-order valence-corrected chi connectivity index (χ4v) is 3.27. The molecule has 0 saturated carbocycles. The first kappa shape index (κ1) is 24.1. The van der Waals surface area contributed by atoms with Crippen molar-refractivity contribution in [1.82, 2.24) is 24.0 Å². The van der Waals surface area contributed by atoms with Crippen molar-refractivity contribution in [3.05, 3.63) is 45.3 Å². The Labute approximate surface area is 180 Å². The highest BCUT2D eigenvalue weighted by atomic mass is 16.6. The highest BCUT2D eigenvalue weighted by Crippen LogP contribution is 2.21. The molecule has 0 amide bonds. The van der Waals surface area contributed by atoms with Crippen LogP contribution >= 0.6 is 0 Å². The minimum atomic E-state index is -0.790. The van der Waals surface area contributed by atoms with Crippen LogP contribution in [0, 0.1) is 20.2 Å². The van der Waals surface area contributed by atoms with E-state index >= 15 is 0 Å². The number of hydrogen-bond donors (Lipinski definition) is 0. The van der Waals surface area contributed by atoms with Gasteiger partial charge < -0.3 is 34.5 Å². The van der Waals surface area contributed by atoms with Gasteiger partial charge in [0.2, 0.25) is 12.7 Å². The summed E-state index contributed by atoms with van der Waals surface area (Å²) in [5.41, 5.74) is -0.958. The molecule has 3 heterocycles. The van der Waals surface area contributed by atoms with Crippen LogP contribution in [0.15, 0.2) is 25.0 Å². The molecule has 31 heavy (non-hydrogen) atoms. The Kier molecular flexibility index (Phi) is 7.60. The maximum atomic E-state index is 10.7. The fraction of sp³-hybridized carbons (Fsp3) is 0.632. The second-order valence-electron chi connectivity index (χ2n) is 8.71. The summed E-state index contributed by atoms with van der Waals surface area (Å²) in [5, 5.41) is 20.9. The van der Waals surface area contributed by atoms with Crippen molar-refractivity contribution < 1.29 is 14.6 Å². The van der Waals surface area contributed by atoms with Crippen LogP contribution in [0.5, 0.6) is 0 Å². The number of rotatable bonds is 7. The van der Waals surface area contributed by atoms with Gasteiger partial charge in [-0.2, -0.15) is 0 Å². The maximum absolute atomic E-state index is 10.7. The summed E-state index contributed by atoms with van der Waals surface area (Å²) in [4.78, 5) is 40.2. The van der Waals surface area contributed by atoms with Crippen molar-refractivity contribution >= 4 is 17.9 Å². The maximum Gasteiger partial charge on any atom is 0.381 e. The van der Waals surface area contributed by atoms with Gasteiger partial charge in [-0.3, -0.25) is 4.57 Å². The quantitative estimate of drug-likeness (QED) is 0.367. The first-order chi connectivity index (χ1) is 14.5. The van der Waals surface area contributed by atoms with E-state index in [0.29, 0.717) is 6.29 Å². The lowest BCUT2D eigenvalue weighted by Gasteiger charge is -2.35. The molecule has 12 heteroatoms. The van der Waals surface area contributed by atoms with Gasteiger partial charge in [-0.05, 0) is 73.4 Å². The summed E-state index contributed by atoms with van der Waals surface area (Å²) >= 11 is 0. The van der Waals surface area contributed by atoms with E-state index in [4.69, 9.17) is 0 Å². The van der Waals surface area contributed by atoms with Gasteiger partial charge in [0, 0.05) is 6.54 Å². The topological polar surface area (TPSA) is 142 Å². The first-order valence-corrected chi connectivity index (χ1v) is 10.0. The van der Waals surface area contributed by atoms with E-state index in [1.54, 1.807) is 20.2 Å². The Morgan fingerprint density at radius 2 is 1.42 bits per heavy atom. The van der Waals surface area contributed by atoms with E-state index < -0.39 is 15.4 Å². The first-order valence-electron chi connectivity index (χ1n) is 10.0. The zero-order valence-corrected chi connectivity index (χ0v) is 18.3. The van der Waals surface area contributed by atoms with Crippen LogP contribution in [0.25, 0.3) is 0 Å². The standard InChI is InChI=1S/C12H20N4O2.C7H9N3O3/c1-12(2,9-14-6-4-3-5-7-14)15-8-11(13-10-15)16(17)18;1-7(2,4-11)9-3-6(8-5-9)10(12)13/h8,10H,3-7,9H2,1-2H3;3-5H,1-2H3. The van der Waals surface area contributed by atoms with Crippen LogP contribution in [0.4, 0.5) is 11.6 Å². The van der Waals surface area contributed by atoms with Gasteiger partial charge in [0.05, 0.1) is 11.1 Å². The third-order valence-electron chi connectivity index (χ3n) is 5.22. The molecule has 1 aliphatic heterocycles. The predicted octanol–water partition coefficient (Wildman–Crippen LogP) is 2.74. The Hall–Kier alpha value is -3.15. The van der Waals surface area contributed by atoms with Crippen molar-refractivity contribution in [2.24, 2.45) is 0 Å². The smallest absolute Gasteiger partial charge is 0.358 e. The average Bonchev–Trinajstić information content (AvgIpc) is 3.40. The van der Waals surface area contributed by atoms with Crippen molar-refractivity contribution in [1.29, 1.82) is 0 Å². The van der Waals surface area contributed by atoms with Crippen molar-refractivity contribution in [3.63, 3.8) is 0 Å². The summed E-state index contributed by atoms with van der Waals surface area (Å²) in [6, 6.07) is 0. The number of carbonyl (C=O) groups excluding carboxylic acids is 1. The van der Waals surface area contributed by atoms with Crippen molar-refractivity contribution in [2.45, 2.75) is 58.0 Å². The Morgan fingerprint density at radius 3 is 1.87 bits per heavy atom. The third kappa shape index (κ3) is 6.41. The lowest BCUT2D eigenvalue weighted by molar-refractivity contribution is -0.389. The number of nitro groups is 2. The molecule has 0 aliphatic carbocycles. The van der Waals surface area contributed by atoms with Crippen molar-refractivity contribution in [2.75, 3.05) is 19.6 Å². The summed E-state index contributed by atoms with van der Waals surface area (Å²) in [5.74, 6) is -0.336. The van der Waals surface area contributed by atoms with E-state index in [9.17, 15) is 25.0 Å². The summed E-state index contributed by atoms with van der Waals surface area (Å²) in [6.45, 7) is 10.6. The van der Waals surface area contributed by atoms with E-state index in [2.05, 4.69) is 28.7 Å². The van der Waals surface area contributed by atoms with Gasteiger partial charge in [-0.15, -0.1) is 0 Å². The molecule has 12 nitrogen and oxygen atoms in total. The lowest BCUT2D eigenvalue weighted by atomic mass is 10.0. The number of piperidine rings is 1. The number of aromatic nitrogens is 4. The minimum absolute atomic E-state index is 0.0817. The molecule has 3 rings (SSSR count). The molecule has 0 radical (unpaired) electrons. The van der Waals surface area contributed by atoms with Crippen LogP contribution in [0.3, 0.4) is 0 Å². The molecule has 0 spiro atoms. The van der Waals surface area contributed by atoms with Crippen LogP contribution in [0.2, 0.25) is 0 Å². The van der Waals surface area contributed by atoms with Crippen LogP contribution in [-0.4, -0.2) is 59.8 Å². The molecule has 2 aromatic rings. The normalized spacial score (nSPS) is 15.1. The zero-order valence-electron chi connectivity index (χ0n) is 18.3. The Balaban J connectivity index is 0.000000233. The molecule has 1 fully saturated rings. The molecule has 0 unspecified atom stereocenters. The Bertz CT molecular complexity index is 912. The van der Waals surface area contributed by atoms with Gasteiger partial charge in [0.15, 0.2) is 0 Å². The number of carbonyl (C=O) groups is 1. The van der Waals surface area contributed by atoms with E-state index in [-0.39, 0.29) is 17.2 Å². The van der Waals surface area contributed by atoms with Gasteiger partial charge in [0.25, 0.3) is 0 Å². The van der Waals surface area contributed by atoms with Crippen molar-refractivity contribution in [3.8, 4) is 0 Å². The summed E-state index contributed by atoms with van der Waals surface area (Å²) < 4.78 is 3.25. The molecule has 0 N–H and O–H groups in total. The second kappa shape index (κ2) is 9.77. The summed E-state index contributed by atoms with van der Waals surface area (Å²) in [7, 11) is 0. The van der Waals surface area contributed by atoms with Gasteiger partial charge in [-0.25, -0.2) is 0 Å². The van der Waals surface area contributed by atoms with Crippen LogP contribution in [-0.2, 0) is 15.9 Å². The predicted molar refractivity (Wildman–Crippen MR) is 113 cm³/mol. The number of likely N-dealkylation sites (tertiary alicyclic amines) is 1. The highest BCUT2D eigenvalue weighted by molar-refractivity contribution is 5.60. The number of nitrogens with zero attached hydrogens (tertiary/aromatic N) is 7. The van der Waals surface area contributed by atoms with Crippen LogP contribution < -0.4 is 0 Å². The average molecular weight is 435 g/mol. The van der Waals surface area contributed by atoms with Gasteiger partial charge in [0.1, 0.15) is 18.7 Å². The molecular formula is C19H29N7O5. The van der Waals surface area contributed by atoms with Crippen LogP contribution in [0.1, 0.15) is 47.0 Å². The SMILES string of the molecule is CC(C)(C=O)n1cnc([N+](=O)[O-])c1.CC(C)(CN1CCCCC1)n1cnc([N+](=O)[O-])c1. The Morgan fingerprint density at radius 1 is 0.935 bits per heavy atom. The van der Waals surface area contributed by atoms with Gasteiger partial charge >= 0.3 is 11.6 Å². The molecular weight excluding hydrogens is 406 g/mol.